The summed E-state index contributed by atoms with van der Waals surface area (Å²) >= 11 is 6.04. The minimum atomic E-state index is -4.34. The predicted molar refractivity (Wildman–Crippen MR) is 162 cm³/mol. The number of carbonyl (C=O) groups is 3. The summed E-state index contributed by atoms with van der Waals surface area (Å²) < 4.78 is 90.9. The number of hydrogen-bond acceptors (Lipinski definition) is 12. The van der Waals surface area contributed by atoms with E-state index in [1.165, 1.54) is 20.1 Å². The van der Waals surface area contributed by atoms with Gasteiger partial charge in [-0.2, -0.15) is 0 Å². The van der Waals surface area contributed by atoms with Crippen molar-refractivity contribution in [3.8, 4) is 0 Å². The van der Waals surface area contributed by atoms with Crippen LogP contribution in [0.5, 0.6) is 0 Å². The smallest absolute Gasteiger partial charge is 0.340 e. The van der Waals surface area contributed by atoms with Gasteiger partial charge in [0, 0.05) is 17.7 Å². The lowest BCUT2D eigenvalue weighted by Crippen LogP contribution is -2.42. The summed E-state index contributed by atoms with van der Waals surface area (Å²) in [5, 5.41) is 10.5. The van der Waals surface area contributed by atoms with Gasteiger partial charge in [-0.05, 0) is 50.2 Å². The Balaban J connectivity index is 1.53. The first-order valence-corrected chi connectivity index (χ1v) is 17.1. The zero-order chi connectivity index (χ0) is 34.2. The highest BCUT2D eigenvalue weighted by atomic mass is 35.5. The van der Waals surface area contributed by atoms with Gasteiger partial charge in [-0.25, -0.2) is 35.5 Å². The fourth-order valence-electron chi connectivity index (χ4n) is 4.03. The topological polar surface area (TPSA) is 201 Å². The number of anilines is 1. The van der Waals surface area contributed by atoms with Crippen molar-refractivity contribution >= 4 is 54.9 Å². The molecule has 0 aliphatic heterocycles. The van der Waals surface area contributed by atoms with E-state index < -0.39 is 84.3 Å². The number of sulfone groups is 1. The Morgan fingerprint density at radius 3 is 2.30 bits per heavy atom. The molecular formula is C28H30ClF2N3O10S2. The van der Waals surface area contributed by atoms with Crippen LogP contribution in [0.2, 0.25) is 5.02 Å². The van der Waals surface area contributed by atoms with Crippen molar-refractivity contribution < 1.29 is 53.9 Å². The van der Waals surface area contributed by atoms with Crippen LogP contribution in [0.25, 0.3) is 0 Å². The SMILES string of the molecule is C[C@H](COC(=O)CS(=O)(=O)CCOC(=O)c1cc(S(N)(=O)=O)c(Cl)cc1NCc1ccco1)N[C@H](C)C(=O)c1cc(F)cc(F)c1. The fourth-order valence-corrected chi connectivity index (χ4v) is 6.05. The van der Waals surface area contributed by atoms with Gasteiger partial charge in [-0.1, -0.05) is 11.6 Å². The number of ketones is 1. The Bertz CT molecular complexity index is 1780. The summed E-state index contributed by atoms with van der Waals surface area (Å²) in [5.74, 6) is -6.04. The number of ether oxygens (including phenoxy) is 2. The molecule has 0 unspecified atom stereocenters. The Morgan fingerprint density at radius 2 is 1.70 bits per heavy atom. The number of carbonyl (C=O) groups excluding carboxylic acids is 3. The maximum atomic E-state index is 13.4. The van der Waals surface area contributed by atoms with E-state index in [9.17, 15) is 40.0 Å². The number of nitrogens with two attached hydrogens (primary N) is 1. The number of benzene rings is 2. The molecule has 1 aromatic heterocycles. The van der Waals surface area contributed by atoms with Crippen LogP contribution >= 0.6 is 11.6 Å². The molecular weight excluding hydrogens is 676 g/mol. The van der Waals surface area contributed by atoms with E-state index in [1.807, 2.05) is 0 Å². The number of nitrogens with one attached hydrogen (secondary N) is 2. The van der Waals surface area contributed by atoms with E-state index in [4.69, 9.17) is 30.6 Å². The van der Waals surface area contributed by atoms with E-state index in [-0.39, 0.29) is 35.0 Å². The molecule has 46 heavy (non-hydrogen) atoms. The molecule has 250 valence electrons. The van der Waals surface area contributed by atoms with Gasteiger partial charge in [0.15, 0.2) is 15.6 Å². The highest BCUT2D eigenvalue weighted by Gasteiger charge is 2.24. The van der Waals surface area contributed by atoms with Crippen LogP contribution in [0.3, 0.4) is 0 Å². The van der Waals surface area contributed by atoms with Crippen molar-refractivity contribution in [1.29, 1.82) is 0 Å². The van der Waals surface area contributed by atoms with Gasteiger partial charge >= 0.3 is 11.9 Å². The lowest BCUT2D eigenvalue weighted by Gasteiger charge is -2.19. The summed E-state index contributed by atoms with van der Waals surface area (Å²) in [6.45, 7) is 2.01. The molecule has 0 amide bonds. The largest absolute Gasteiger partial charge is 0.467 e. The van der Waals surface area contributed by atoms with Crippen LogP contribution in [0.1, 0.15) is 40.3 Å². The number of hydrogen-bond donors (Lipinski definition) is 3. The third kappa shape index (κ3) is 10.9. The van der Waals surface area contributed by atoms with Crippen molar-refractivity contribution in [3.63, 3.8) is 0 Å². The second-order valence-corrected chi connectivity index (χ2v) is 14.1. The van der Waals surface area contributed by atoms with Gasteiger partial charge in [0.25, 0.3) is 0 Å². The minimum Gasteiger partial charge on any atom is -0.467 e. The molecule has 0 saturated carbocycles. The molecule has 0 fully saturated rings. The van der Waals surface area contributed by atoms with Crippen molar-refractivity contribution in [3.05, 3.63) is 82.3 Å². The molecule has 2 atom stereocenters. The molecule has 0 aliphatic carbocycles. The first kappa shape index (κ1) is 36.6. The van der Waals surface area contributed by atoms with E-state index >= 15 is 0 Å². The lowest BCUT2D eigenvalue weighted by atomic mass is 10.0. The summed E-state index contributed by atoms with van der Waals surface area (Å²) in [4.78, 5) is 36.9. The first-order valence-electron chi connectivity index (χ1n) is 13.4. The summed E-state index contributed by atoms with van der Waals surface area (Å²) in [7, 11) is -8.48. The zero-order valence-electron chi connectivity index (χ0n) is 24.4. The Morgan fingerprint density at radius 1 is 1.02 bits per heavy atom. The number of halogens is 3. The monoisotopic (exact) mass is 705 g/mol. The van der Waals surface area contributed by atoms with Gasteiger partial charge in [0.2, 0.25) is 10.0 Å². The molecule has 1 heterocycles. The molecule has 4 N–H and O–H groups in total. The number of furan rings is 1. The molecule has 3 rings (SSSR count). The molecule has 2 aromatic carbocycles. The van der Waals surface area contributed by atoms with Crippen LogP contribution in [-0.4, -0.2) is 71.4 Å². The van der Waals surface area contributed by atoms with Gasteiger partial charge < -0.3 is 24.5 Å². The first-order chi connectivity index (χ1) is 21.4. The predicted octanol–water partition coefficient (Wildman–Crippen LogP) is 2.84. The third-order valence-electron chi connectivity index (χ3n) is 6.17. The Kier molecular flexibility index (Phi) is 12.4. The standard InChI is InChI=1S/C28H30ClF2N3O10S2/c1-16(34-17(2)27(36)18-8-19(30)10-20(31)9-18)14-44-26(35)15-45(38,39)7-6-43-28(37)22-11-25(46(32,40)41)23(29)12-24(22)33-13-21-4-3-5-42-21/h3-5,8-12,16-17,33-34H,6-7,13-15H2,1-2H3,(H2,32,40,41)/t16-,17-/m1/s1. The van der Waals surface area contributed by atoms with Crippen LogP contribution < -0.4 is 15.8 Å². The van der Waals surface area contributed by atoms with Crippen molar-refractivity contribution in [1.82, 2.24) is 5.32 Å². The number of rotatable bonds is 16. The van der Waals surface area contributed by atoms with Gasteiger partial charge in [-0.15, -0.1) is 0 Å². The highest BCUT2D eigenvalue weighted by Crippen LogP contribution is 2.29. The number of esters is 2. The molecule has 18 heteroatoms. The molecule has 13 nitrogen and oxygen atoms in total. The molecule has 0 saturated heterocycles. The lowest BCUT2D eigenvalue weighted by molar-refractivity contribution is -0.141. The van der Waals surface area contributed by atoms with E-state index in [2.05, 4.69) is 10.6 Å². The number of Topliss-reactive ketones (excluding diaryl/α,β-unsaturated/α-hetero) is 1. The van der Waals surface area contributed by atoms with Crippen LogP contribution in [0.4, 0.5) is 14.5 Å². The summed E-state index contributed by atoms with van der Waals surface area (Å²) in [6, 6.07) is 6.10. The quantitative estimate of drug-likeness (QED) is 0.146. The fraction of sp³-hybridized carbons (Fsp3) is 0.321. The molecule has 0 spiro atoms. The second kappa shape index (κ2) is 15.6. The average molecular weight is 706 g/mol. The van der Waals surface area contributed by atoms with Crippen molar-refractivity contribution in [2.24, 2.45) is 5.14 Å². The van der Waals surface area contributed by atoms with Crippen LogP contribution in [-0.2, 0) is 40.7 Å². The van der Waals surface area contributed by atoms with E-state index in [0.717, 1.165) is 24.3 Å². The maximum absolute atomic E-state index is 13.4. The van der Waals surface area contributed by atoms with Crippen molar-refractivity contribution in [2.75, 3.05) is 30.0 Å². The highest BCUT2D eigenvalue weighted by molar-refractivity contribution is 7.92. The Labute approximate surface area is 268 Å². The maximum Gasteiger partial charge on any atom is 0.340 e. The molecule has 0 aliphatic rings. The minimum absolute atomic E-state index is 0.0482. The molecule has 0 radical (unpaired) electrons. The van der Waals surface area contributed by atoms with Crippen LogP contribution in [0, 0.1) is 11.6 Å². The summed E-state index contributed by atoms with van der Waals surface area (Å²) in [5.41, 5.74) is -0.462. The Hall–Kier alpha value is -3.90. The average Bonchev–Trinajstić information content (AvgIpc) is 3.46. The summed E-state index contributed by atoms with van der Waals surface area (Å²) in [6.07, 6.45) is 1.42. The number of primary sulfonamides is 1. The second-order valence-electron chi connectivity index (χ2n) is 10.0. The molecule has 3 aromatic rings. The van der Waals surface area contributed by atoms with Gasteiger partial charge in [0.1, 0.15) is 41.3 Å². The normalized spacial score (nSPS) is 13.1. The third-order valence-corrected chi connectivity index (χ3v) is 9.01. The van der Waals surface area contributed by atoms with E-state index in [0.29, 0.717) is 11.8 Å². The van der Waals surface area contributed by atoms with Crippen LogP contribution in [0.15, 0.2) is 58.0 Å². The molecule has 0 bridgehead atoms. The number of sulfonamides is 1. The van der Waals surface area contributed by atoms with Gasteiger partial charge in [-0.3, -0.25) is 9.59 Å². The van der Waals surface area contributed by atoms with Gasteiger partial charge in [0.05, 0.1) is 40.9 Å². The zero-order valence-corrected chi connectivity index (χ0v) is 26.8. The van der Waals surface area contributed by atoms with E-state index in [1.54, 1.807) is 12.1 Å². The van der Waals surface area contributed by atoms with Crippen molar-refractivity contribution in [2.45, 2.75) is 37.4 Å².